The van der Waals surface area contributed by atoms with E-state index in [0.717, 1.165) is 10.2 Å². The molecule has 0 aliphatic heterocycles. The molecule has 0 saturated heterocycles. The fourth-order valence-corrected chi connectivity index (χ4v) is 2.21. The Morgan fingerprint density at radius 3 is 2.60 bits per heavy atom. The molecule has 0 unspecified atom stereocenters. The van der Waals surface area contributed by atoms with Crippen LogP contribution in [0.3, 0.4) is 0 Å². The summed E-state index contributed by atoms with van der Waals surface area (Å²) in [5, 5.41) is 7.61. The number of rotatable bonds is 4. The highest BCUT2D eigenvalue weighted by Gasteiger charge is 2.09. The van der Waals surface area contributed by atoms with Crippen molar-refractivity contribution in [3.63, 3.8) is 0 Å². The summed E-state index contributed by atoms with van der Waals surface area (Å²) in [5.41, 5.74) is 7.38. The maximum absolute atomic E-state index is 7.61. The second kappa shape index (κ2) is 6.09. The van der Waals surface area contributed by atoms with Crippen molar-refractivity contribution in [2.45, 2.75) is 19.8 Å². The van der Waals surface area contributed by atoms with Gasteiger partial charge in [0.25, 0.3) is 0 Å². The van der Waals surface area contributed by atoms with Gasteiger partial charge in [0.1, 0.15) is 17.3 Å². The number of halogens is 1. The minimum Gasteiger partial charge on any atom is -0.457 e. The first-order chi connectivity index (χ1) is 9.47. The minimum atomic E-state index is -0.00693. The third-order valence-corrected chi connectivity index (χ3v) is 3.48. The molecular formula is C16H17BrN2O. The lowest BCUT2D eigenvalue weighted by Gasteiger charge is -2.12. The monoisotopic (exact) mass is 332 g/mol. The molecule has 0 heterocycles. The van der Waals surface area contributed by atoms with Crippen molar-refractivity contribution in [1.29, 1.82) is 5.41 Å². The zero-order valence-electron chi connectivity index (χ0n) is 11.5. The summed E-state index contributed by atoms with van der Waals surface area (Å²) in [5.74, 6) is 1.76. The quantitative estimate of drug-likeness (QED) is 0.632. The van der Waals surface area contributed by atoms with Crippen molar-refractivity contribution in [2.75, 3.05) is 0 Å². The second-order valence-corrected chi connectivity index (χ2v) is 5.80. The smallest absolute Gasteiger partial charge is 0.139 e. The molecule has 2 rings (SSSR count). The molecule has 20 heavy (non-hydrogen) atoms. The largest absolute Gasteiger partial charge is 0.457 e. The van der Waals surface area contributed by atoms with Crippen LogP contribution in [0, 0.1) is 5.41 Å². The van der Waals surface area contributed by atoms with E-state index in [9.17, 15) is 0 Å². The number of benzene rings is 2. The summed E-state index contributed by atoms with van der Waals surface area (Å²) < 4.78 is 6.78. The molecule has 3 N–H and O–H groups in total. The molecule has 0 saturated carbocycles. The summed E-state index contributed by atoms with van der Waals surface area (Å²) in [6.45, 7) is 4.28. The van der Waals surface area contributed by atoms with Crippen LogP contribution in [0.5, 0.6) is 11.5 Å². The summed E-state index contributed by atoms with van der Waals surface area (Å²) >= 11 is 3.41. The summed E-state index contributed by atoms with van der Waals surface area (Å²) in [7, 11) is 0. The summed E-state index contributed by atoms with van der Waals surface area (Å²) in [4.78, 5) is 0. The van der Waals surface area contributed by atoms with Crippen molar-refractivity contribution >= 4 is 21.8 Å². The maximum Gasteiger partial charge on any atom is 0.139 e. The number of nitrogens with one attached hydrogen (secondary N) is 1. The van der Waals surface area contributed by atoms with Crippen LogP contribution in [0.1, 0.15) is 30.9 Å². The molecule has 0 amide bonds. The fourth-order valence-electron chi connectivity index (χ4n) is 1.87. The molecule has 2 aromatic rings. The van der Waals surface area contributed by atoms with Crippen LogP contribution in [0.25, 0.3) is 0 Å². The Kier molecular flexibility index (Phi) is 4.45. The van der Waals surface area contributed by atoms with Crippen LogP contribution < -0.4 is 10.5 Å². The minimum absolute atomic E-state index is 0.00693. The molecule has 0 aromatic heterocycles. The van der Waals surface area contributed by atoms with Gasteiger partial charge < -0.3 is 10.5 Å². The van der Waals surface area contributed by atoms with E-state index in [2.05, 4.69) is 35.8 Å². The second-order valence-electron chi connectivity index (χ2n) is 4.88. The van der Waals surface area contributed by atoms with Gasteiger partial charge in [0, 0.05) is 4.47 Å². The van der Waals surface area contributed by atoms with Gasteiger partial charge in [-0.3, -0.25) is 5.41 Å². The van der Waals surface area contributed by atoms with Crippen molar-refractivity contribution in [3.8, 4) is 11.5 Å². The average Bonchev–Trinajstić information content (AvgIpc) is 2.38. The first kappa shape index (κ1) is 14.6. The number of ether oxygens (including phenoxy) is 1. The Bertz CT molecular complexity index is 638. The number of nitrogens with two attached hydrogens (primary N) is 1. The number of nitrogen functional groups attached to an aromatic ring is 1. The van der Waals surface area contributed by atoms with E-state index in [0.29, 0.717) is 17.2 Å². The summed E-state index contributed by atoms with van der Waals surface area (Å²) in [6, 6.07) is 13.4. The van der Waals surface area contributed by atoms with Crippen molar-refractivity contribution < 1.29 is 4.74 Å². The topological polar surface area (TPSA) is 59.1 Å². The Balaban J connectivity index is 2.36. The molecular weight excluding hydrogens is 316 g/mol. The van der Waals surface area contributed by atoms with Gasteiger partial charge in [0.15, 0.2) is 0 Å². The maximum atomic E-state index is 7.61. The molecule has 2 aromatic carbocycles. The highest BCUT2D eigenvalue weighted by Crippen LogP contribution is 2.30. The molecule has 0 atom stereocenters. The summed E-state index contributed by atoms with van der Waals surface area (Å²) in [6.07, 6.45) is 0. The molecule has 104 valence electrons. The molecule has 0 fully saturated rings. The molecule has 0 spiro atoms. The first-order valence-corrected chi connectivity index (χ1v) is 7.18. The Morgan fingerprint density at radius 1 is 1.20 bits per heavy atom. The van der Waals surface area contributed by atoms with E-state index in [1.165, 1.54) is 5.56 Å². The molecule has 0 aliphatic rings. The van der Waals surface area contributed by atoms with Crippen LogP contribution >= 0.6 is 15.9 Å². The van der Waals surface area contributed by atoms with E-state index in [1.807, 2.05) is 30.3 Å². The van der Waals surface area contributed by atoms with Crippen molar-refractivity contribution in [1.82, 2.24) is 0 Å². The fraction of sp³-hybridized carbons (Fsp3) is 0.188. The third-order valence-electron chi connectivity index (χ3n) is 2.99. The van der Waals surface area contributed by atoms with E-state index in [4.69, 9.17) is 15.9 Å². The zero-order valence-corrected chi connectivity index (χ0v) is 13.1. The van der Waals surface area contributed by atoms with Crippen LogP contribution in [0.2, 0.25) is 0 Å². The van der Waals surface area contributed by atoms with E-state index >= 15 is 0 Å². The third kappa shape index (κ3) is 3.39. The van der Waals surface area contributed by atoms with Gasteiger partial charge in [0.05, 0.1) is 5.56 Å². The van der Waals surface area contributed by atoms with Crippen molar-refractivity contribution in [2.24, 2.45) is 5.73 Å². The van der Waals surface area contributed by atoms with Crippen molar-refractivity contribution in [3.05, 3.63) is 58.1 Å². The normalized spacial score (nSPS) is 10.6. The number of hydrogen-bond donors (Lipinski definition) is 2. The Labute approximate surface area is 127 Å². The van der Waals surface area contributed by atoms with Gasteiger partial charge in [0.2, 0.25) is 0 Å². The van der Waals surface area contributed by atoms with Gasteiger partial charge in [-0.2, -0.15) is 0 Å². The van der Waals surface area contributed by atoms with Crippen LogP contribution in [-0.4, -0.2) is 5.84 Å². The highest BCUT2D eigenvalue weighted by molar-refractivity contribution is 9.10. The lowest BCUT2D eigenvalue weighted by molar-refractivity contribution is 0.480. The lowest BCUT2D eigenvalue weighted by atomic mass is 10.0. The number of hydrogen-bond acceptors (Lipinski definition) is 2. The van der Waals surface area contributed by atoms with Gasteiger partial charge in [-0.1, -0.05) is 41.9 Å². The van der Waals surface area contributed by atoms with E-state index in [1.54, 1.807) is 6.07 Å². The molecule has 0 radical (unpaired) electrons. The highest BCUT2D eigenvalue weighted by atomic mass is 79.9. The predicted octanol–water partition coefficient (Wildman–Crippen LogP) is 4.65. The van der Waals surface area contributed by atoms with E-state index < -0.39 is 0 Å². The van der Waals surface area contributed by atoms with Gasteiger partial charge >= 0.3 is 0 Å². The van der Waals surface area contributed by atoms with Crippen LogP contribution in [0.4, 0.5) is 0 Å². The predicted molar refractivity (Wildman–Crippen MR) is 85.8 cm³/mol. The Hall–Kier alpha value is -1.81. The van der Waals surface area contributed by atoms with Crippen LogP contribution in [-0.2, 0) is 0 Å². The molecule has 0 bridgehead atoms. The SMILES string of the molecule is CC(C)c1cccc(Oc2cc(Br)ccc2C(=N)N)c1. The van der Waals surface area contributed by atoms with E-state index in [-0.39, 0.29) is 5.84 Å². The molecule has 3 nitrogen and oxygen atoms in total. The average molecular weight is 333 g/mol. The zero-order chi connectivity index (χ0) is 14.7. The number of amidine groups is 1. The standard InChI is InChI=1S/C16H17BrN2O/c1-10(2)11-4-3-5-13(8-11)20-15-9-12(17)6-7-14(15)16(18)19/h3-10H,1-2H3,(H3,18,19). The Morgan fingerprint density at radius 2 is 1.95 bits per heavy atom. The van der Waals surface area contributed by atoms with Gasteiger partial charge in [-0.15, -0.1) is 0 Å². The van der Waals surface area contributed by atoms with Crippen LogP contribution in [0.15, 0.2) is 46.9 Å². The molecule has 0 aliphatic carbocycles. The van der Waals surface area contributed by atoms with Gasteiger partial charge in [-0.05, 0) is 41.8 Å². The molecule has 4 heteroatoms. The lowest BCUT2D eigenvalue weighted by Crippen LogP contribution is -2.12. The van der Waals surface area contributed by atoms with Gasteiger partial charge in [-0.25, -0.2) is 0 Å². The first-order valence-electron chi connectivity index (χ1n) is 6.39.